The summed E-state index contributed by atoms with van der Waals surface area (Å²) >= 11 is 0. The van der Waals surface area contributed by atoms with E-state index in [2.05, 4.69) is 0 Å². The summed E-state index contributed by atoms with van der Waals surface area (Å²) in [6.07, 6.45) is 0. The number of carbonyl (C=O) groups excluding carboxylic acids is 1. The molecular formula is C28H39BrN2O4. The van der Waals surface area contributed by atoms with E-state index in [0.717, 1.165) is 22.3 Å². The minimum Gasteiger partial charge on any atom is -0.507 e. The SMILES string of the molecule is Br.CC(C)(CO)Oc1ccc2c(c1)C(=N)N(CC(=O)c1cc(C(C)(C)C)c(O)c(C(C)(C)C)c1)C2. The number of halogens is 1. The fourth-order valence-electron chi connectivity index (χ4n) is 4.12. The molecule has 0 amide bonds. The summed E-state index contributed by atoms with van der Waals surface area (Å²) in [6.45, 7) is 16.1. The highest BCUT2D eigenvalue weighted by molar-refractivity contribution is 8.93. The highest BCUT2D eigenvalue weighted by Gasteiger charge is 2.31. The highest BCUT2D eigenvalue weighted by Crippen LogP contribution is 2.40. The Kier molecular flexibility index (Phi) is 8.19. The number of rotatable bonds is 6. The van der Waals surface area contributed by atoms with E-state index in [4.69, 9.17) is 10.1 Å². The predicted molar refractivity (Wildman–Crippen MR) is 146 cm³/mol. The number of amidine groups is 1. The quantitative estimate of drug-likeness (QED) is 0.401. The Bertz CT molecular complexity index is 1090. The van der Waals surface area contributed by atoms with E-state index < -0.39 is 5.60 Å². The number of benzene rings is 2. The Hall–Kier alpha value is -2.38. The lowest BCUT2D eigenvalue weighted by Gasteiger charge is -2.28. The van der Waals surface area contributed by atoms with Crippen LogP contribution in [0.25, 0.3) is 0 Å². The van der Waals surface area contributed by atoms with Crippen molar-refractivity contribution in [2.24, 2.45) is 0 Å². The summed E-state index contributed by atoms with van der Waals surface area (Å²) in [5.41, 5.74) is 2.36. The second kappa shape index (κ2) is 9.94. The van der Waals surface area contributed by atoms with Crippen molar-refractivity contribution in [1.82, 2.24) is 4.90 Å². The normalized spacial score (nSPS) is 14.0. The molecule has 0 atom stereocenters. The van der Waals surface area contributed by atoms with Gasteiger partial charge in [0.1, 0.15) is 22.9 Å². The predicted octanol–water partition coefficient (Wildman–Crippen LogP) is 5.74. The highest BCUT2D eigenvalue weighted by atomic mass is 79.9. The van der Waals surface area contributed by atoms with Gasteiger partial charge in [-0.25, -0.2) is 0 Å². The number of fused-ring (bicyclic) bond motifs is 1. The van der Waals surface area contributed by atoms with Gasteiger partial charge in [0.15, 0.2) is 5.78 Å². The number of ketones is 1. The van der Waals surface area contributed by atoms with Crippen LogP contribution in [0.4, 0.5) is 0 Å². The third-order valence-electron chi connectivity index (χ3n) is 6.17. The van der Waals surface area contributed by atoms with Gasteiger partial charge < -0.3 is 19.8 Å². The number of hydrogen-bond donors (Lipinski definition) is 3. The van der Waals surface area contributed by atoms with Gasteiger partial charge in [-0.05, 0) is 54.5 Å². The van der Waals surface area contributed by atoms with Crippen molar-refractivity contribution in [3.63, 3.8) is 0 Å². The minimum atomic E-state index is -0.723. The first-order chi connectivity index (χ1) is 15.5. The molecule has 0 saturated carbocycles. The molecule has 0 radical (unpaired) electrons. The molecule has 1 aliphatic heterocycles. The molecule has 1 heterocycles. The van der Waals surface area contributed by atoms with Crippen LogP contribution in [0.2, 0.25) is 0 Å². The van der Waals surface area contributed by atoms with Gasteiger partial charge in [-0.1, -0.05) is 47.6 Å². The van der Waals surface area contributed by atoms with Gasteiger partial charge in [-0.2, -0.15) is 0 Å². The molecule has 2 aromatic carbocycles. The van der Waals surface area contributed by atoms with E-state index >= 15 is 0 Å². The van der Waals surface area contributed by atoms with Crippen molar-refractivity contribution >= 4 is 28.6 Å². The van der Waals surface area contributed by atoms with E-state index in [0.29, 0.717) is 17.9 Å². The van der Waals surface area contributed by atoms with Crippen LogP contribution in [-0.4, -0.2) is 45.5 Å². The van der Waals surface area contributed by atoms with Crippen molar-refractivity contribution in [2.75, 3.05) is 13.2 Å². The van der Waals surface area contributed by atoms with Crippen LogP contribution >= 0.6 is 17.0 Å². The summed E-state index contributed by atoms with van der Waals surface area (Å²) in [4.78, 5) is 15.1. The first kappa shape index (κ1) is 28.9. The van der Waals surface area contributed by atoms with E-state index in [-0.39, 0.29) is 58.3 Å². The standard InChI is InChI=1S/C28H38N2O4.BrH/c1-26(2,3)21-11-18(12-22(24(21)33)27(4,5)6)23(32)15-30-14-17-9-10-19(13-20(17)25(30)29)34-28(7,8)16-31;/h9-13,29,31,33H,14-16H2,1-8H3;1H. The molecule has 3 rings (SSSR count). The van der Waals surface area contributed by atoms with Gasteiger partial charge in [0.05, 0.1) is 13.2 Å². The van der Waals surface area contributed by atoms with Gasteiger partial charge in [0, 0.05) is 28.8 Å². The van der Waals surface area contributed by atoms with E-state index in [9.17, 15) is 15.0 Å². The largest absolute Gasteiger partial charge is 0.507 e. The Balaban J connectivity index is 0.00000432. The van der Waals surface area contributed by atoms with Gasteiger partial charge in [-0.15, -0.1) is 17.0 Å². The number of aliphatic hydroxyl groups is 1. The molecule has 0 spiro atoms. The lowest BCUT2D eigenvalue weighted by molar-refractivity contribution is 0.0412. The number of phenolic OH excluding ortho intramolecular Hbond substituents is 1. The first-order valence-electron chi connectivity index (χ1n) is 11.7. The molecule has 2 aromatic rings. The summed E-state index contributed by atoms with van der Waals surface area (Å²) < 4.78 is 5.86. The van der Waals surface area contributed by atoms with E-state index in [1.54, 1.807) is 36.9 Å². The molecule has 0 saturated heterocycles. The number of phenols is 1. The third kappa shape index (κ3) is 6.25. The number of carbonyl (C=O) groups is 1. The smallest absolute Gasteiger partial charge is 0.182 e. The number of hydrogen-bond acceptors (Lipinski definition) is 5. The third-order valence-corrected chi connectivity index (χ3v) is 6.17. The van der Waals surface area contributed by atoms with E-state index in [1.165, 1.54) is 0 Å². The Morgan fingerprint density at radius 3 is 2.03 bits per heavy atom. The van der Waals surface area contributed by atoms with Crippen molar-refractivity contribution in [3.05, 3.63) is 58.1 Å². The van der Waals surface area contributed by atoms with Crippen LogP contribution in [-0.2, 0) is 17.4 Å². The fraction of sp³-hybridized carbons (Fsp3) is 0.500. The van der Waals surface area contributed by atoms with E-state index in [1.807, 2.05) is 53.7 Å². The number of ether oxygens (including phenoxy) is 1. The minimum absolute atomic E-state index is 0. The monoisotopic (exact) mass is 546 g/mol. The molecule has 1 aliphatic rings. The summed E-state index contributed by atoms with van der Waals surface area (Å²) in [6, 6.07) is 9.13. The van der Waals surface area contributed by atoms with Crippen LogP contribution in [0.3, 0.4) is 0 Å². The molecule has 0 aromatic heterocycles. The zero-order valence-corrected chi connectivity index (χ0v) is 23.8. The van der Waals surface area contributed by atoms with Crippen LogP contribution in [0, 0.1) is 5.41 Å². The molecule has 192 valence electrons. The number of nitrogens with one attached hydrogen (secondary N) is 1. The molecular weight excluding hydrogens is 508 g/mol. The Morgan fingerprint density at radius 1 is 1.00 bits per heavy atom. The zero-order chi connectivity index (χ0) is 25.6. The Morgan fingerprint density at radius 2 is 1.54 bits per heavy atom. The maximum atomic E-state index is 13.4. The van der Waals surface area contributed by atoms with Crippen molar-refractivity contribution in [3.8, 4) is 11.5 Å². The van der Waals surface area contributed by atoms with Crippen molar-refractivity contribution < 1.29 is 19.7 Å². The second-order valence-electron chi connectivity index (χ2n) is 11.9. The summed E-state index contributed by atoms with van der Waals surface area (Å²) in [5.74, 6) is 1.02. The zero-order valence-electron chi connectivity index (χ0n) is 22.1. The molecule has 6 nitrogen and oxygen atoms in total. The lowest BCUT2D eigenvalue weighted by Crippen LogP contribution is -2.32. The maximum absolute atomic E-state index is 13.4. The number of aromatic hydroxyl groups is 1. The average Bonchev–Trinajstić information content (AvgIpc) is 3.01. The fourth-order valence-corrected chi connectivity index (χ4v) is 4.12. The first-order valence-corrected chi connectivity index (χ1v) is 11.7. The maximum Gasteiger partial charge on any atom is 0.182 e. The van der Waals surface area contributed by atoms with Gasteiger partial charge >= 0.3 is 0 Å². The van der Waals surface area contributed by atoms with Crippen LogP contribution < -0.4 is 4.74 Å². The van der Waals surface area contributed by atoms with Crippen molar-refractivity contribution in [2.45, 2.75) is 78.4 Å². The van der Waals surface area contributed by atoms with Crippen molar-refractivity contribution in [1.29, 1.82) is 5.41 Å². The molecule has 0 bridgehead atoms. The van der Waals surface area contributed by atoms with Gasteiger partial charge in [0.2, 0.25) is 0 Å². The van der Waals surface area contributed by atoms with Gasteiger partial charge in [0.25, 0.3) is 0 Å². The topological polar surface area (TPSA) is 93.9 Å². The second-order valence-corrected chi connectivity index (χ2v) is 11.9. The Labute approximate surface area is 219 Å². The average molecular weight is 548 g/mol. The molecule has 35 heavy (non-hydrogen) atoms. The molecule has 0 aliphatic carbocycles. The number of nitrogens with zero attached hydrogens (tertiary/aromatic N) is 1. The molecule has 0 unspecified atom stereocenters. The lowest BCUT2D eigenvalue weighted by atomic mass is 9.78. The molecule has 7 heteroatoms. The summed E-state index contributed by atoms with van der Waals surface area (Å²) in [7, 11) is 0. The van der Waals surface area contributed by atoms with Gasteiger partial charge in [-0.3, -0.25) is 10.2 Å². The molecule has 3 N–H and O–H groups in total. The summed E-state index contributed by atoms with van der Waals surface area (Å²) in [5, 5.41) is 29.1. The van der Waals surface area contributed by atoms with Crippen LogP contribution in [0.15, 0.2) is 30.3 Å². The number of aliphatic hydroxyl groups excluding tert-OH is 1. The van der Waals surface area contributed by atoms with Crippen LogP contribution in [0.1, 0.15) is 88.0 Å². The molecule has 0 fully saturated rings. The number of Topliss-reactive ketones (excluding diaryl/α,β-unsaturated/α-hetero) is 1. The van der Waals surface area contributed by atoms with Crippen LogP contribution in [0.5, 0.6) is 11.5 Å².